The molecular formula is C18H32N2O3. The zero-order valence-corrected chi connectivity index (χ0v) is 14.2. The minimum absolute atomic E-state index is 0.733. The van der Waals surface area contributed by atoms with E-state index in [4.69, 9.17) is 14.2 Å². The fraction of sp³-hybridized carbons (Fsp3) is 0.667. The average molecular weight is 324 g/mol. The zero-order chi connectivity index (χ0) is 16.3. The molecule has 0 spiro atoms. The third-order valence-electron chi connectivity index (χ3n) is 3.25. The summed E-state index contributed by atoms with van der Waals surface area (Å²) in [6.45, 7) is 5.92. The monoisotopic (exact) mass is 324 g/mol. The number of nitrogens with one attached hydrogen (secondary N) is 2. The van der Waals surface area contributed by atoms with Crippen LogP contribution in [0, 0.1) is 0 Å². The molecule has 4 heterocycles. The van der Waals surface area contributed by atoms with Gasteiger partial charge in [0.2, 0.25) is 0 Å². The van der Waals surface area contributed by atoms with Gasteiger partial charge in [0.05, 0.1) is 19.1 Å². The molecule has 0 aromatic heterocycles. The Balaban J connectivity index is 0.000000154. The van der Waals surface area contributed by atoms with Gasteiger partial charge in [-0.1, -0.05) is 6.08 Å². The molecule has 2 saturated heterocycles. The highest BCUT2D eigenvalue weighted by Gasteiger charge is 1.95. The predicted molar refractivity (Wildman–Crippen MR) is 93.9 cm³/mol. The Morgan fingerprint density at radius 2 is 1.48 bits per heavy atom. The number of hydrogen-bond acceptors (Lipinski definition) is 5. The molecule has 4 aliphatic rings. The summed E-state index contributed by atoms with van der Waals surface area (Å²) in [6, 6.07) is 0. The Kier molecular flexibility index (Phi) is 14.6. The maximum absolute atomic E-state index is 5.07. The number of hydrogen-bond donors (Lipinski definition) is 2. The first-order valence-corrected chi connectivity index (χ1v) is 8.73. The molecule has 0 saturated carbocycles. The van der Waals surface area contributed by atoms with Crippen LogP contribution in [0.25, 0.3) is 0 Å². The molecule has 4 aliphatic heterocycles. The molecule has 0 radical (unpaired) electrons. The van der Waals surface area contributed by atoms with Gasteiger partial charge in [0.1, 0.15) is 6.61 Å². The predicted octanol–water partition coefficient (Wildman–Crippen LogP) is 3.07. The fourth-order valence-corrected chi connectivity index (χ4v) is 1.96. The van der Waals surface area contributed by atoms with Gasteiger partial charge < -0.3 is 14.2 Å². The van der Waals surface area contributed by atoms with Gasteiger partial charge in [0, 0.05) is 26.3 Å². The highest BCUT2D eigenvalue weighted by Crippen LogP contribution is 2.02. The molecule has 4 rings (SSSR count). The van der Waals surface area contributed by atoms with Crippen molar-refractivity contribution in [1.82, 2.24) is 10.9 Å². The van der Waals surface area contributed by atoms with Crippen LogP contribution in [0.1, 0.15) is 38.5 Å². The Morgan fingerprint density at radius 1 is 0.652 bits per heavy atom. The lowest BCUT2D eigenvalue weighted by molar-refractivity contribution is 0.0968. The number of allylic oxidation sites excluding steroid dienone is 3. The maximum Gasteiger partial charge on any atom is 0.106 e. The lowest BCUT2D eigenvalue weighted by Crippen LogP contribution is -2.21. The van der Waals surface area contributed by atoms with Crippen LogP contribution in [0.2, 0.25) is 0 Å². The normalized spacial score (nSPS) is 21.2. The average Bonchev–Trinajstić information content (AvgIpc) is 3.27. The lowest BCUT2D eigenvalue weighted by atomic mass is 10.2. The zero-order valence-electron chi connectivity index (χ0n) is 14.2. The summed E-state index contributed by atoms with van der Waals surface area (Å²) in [5, 5.41) is 0. The van der Waals surface area contributed by atoms with E-state index in [-0.39, 0.29) is 0 Å². The largest absolute Gasteiger partial charge is 0.502 e. The molecule has 0 unspecified atom stereocenters. The highest BCUT2D eigenvalue weighted by atomic mass is 16.5. The fourth-order valence-electron chi connectivity index (χ4n) is 1.96. The third kappa shape index (κ3) is 15.4. The van der Waals surface area contributed by atoms with Crippen LogP contribution < -0.4 is 10.9 Å². The van der Waals surface area contributed by atoms with Crippen LogP contribution in [-0.4, -0.2) is 39.5 Å². The molecule has 132 valence electrons. The van der Waals surface area contributed by atoms with Crippen molar-refractivity contribution in [2.45, 2.75) is 38.5 Å². The van der Waals surface area contributed by atoms with Gasteiger partial charge in [-0.15, -0.1) is 0 Å². The van der Waals surface area contributed by atoms with Gasteiger partial charge in [0.15, 0.2) is 0 Å². The number of hydrazine groups is 1. The summed E-state index contributed by atoms with van der Waals surface area (Å²) in [4.78, 5) is 0. The van der Waals surface area contributed by atoms with E-state index in [1.807, 2.05) is 24.3 Å². The molecule has 0 atom stereocenters. The van der Waals surface area contributed by atoms with Crippen LogP contribution in [-0.2, 0) is 14.2 Å². The van der Waals surface area contributed by atoms with E-state index < -0.39 is 0 Å². The first kappa shape index (κ1) is 19.7. The molecule has 0 aromatic carbocycles. The molecule has 0 aliphatic carbocycles. The van der Waals surface area contributed by atoms with Crippen LogP contribution in [0.15, 0.2) is 36.8 Å². The summed E-state index contributed by atoms with van der Waals surface area (Å²) in [5.41, 5.74) is 5.94. The Bertz CT molecular complexity index is 283. The molecule has 5 heteroatoms. The Hall–Kier alpha value is -1.30. The molecule has 0 amide bonds. The van der Waals surface area contributed by atoms with E-state index in [0.29, 0.717) is 0 Å². The van der Waals surface area contributed by atoms with Gasteiger partial charge in [-0.25, -0.2) is 0 Å². The molecular weight excluding hydrogens is 292 g/mol. The highest BCUT2D eigenvalue weighted by molar-refractivity contribution is 5.02. The maximum atomic E-state index is 5.07. The molecule has 23 heavy (non-hydrogen) atoms. The summed E-state index contributed by atoms with van der Waals surface area (Å²) >= 11 is 0. The summed E-state index contributed by atoms with van der Waals surface area (Å²) in [6.07, 6.45) is 18.9. The summed E-state index contributed by atoms with van der Waals surface area (Å²) < 4.78 is 14.8. The van der Waals surface area contributed by atoms with Gasteiger partial charge in [0.25, 0.3) is 0 Å². The van der Waals surface area contributed by atoms with Crippen molar-refractivity contribution < 1.29 is 14.2 Å². The number of ether oxygens (including phenoxy) is 3. The van der Waals surface area contributed by atoms with Crippen LogP contribution in [0.5, 0.6) is 0 Å². The second-order valence-electron chi connectivity index (χ2n) is 5.35. The van der Waals surface area contributed by atoms with Gasteiger partial charge in [-0.3, -0.25) is 10.9 Å². The van der Waals surface area contributed by atoms with Gasteiger partial charge >= 0.3 is 0 Å². The molecule has 2 N–H and O–H groups in total. The van der Waals surface area contributed by atoms with Crippen molar-refractivity contribution in [3.05, 3.63) is 36.8 Å². The number of rotatable bonds is 0. The third-order valence-corrected chi connectivity index (χ3v) is 3.25. The van der Waals surface area contributed by atoms with E-state index in [0.717, 1.165) is 39.5 Å². The lowest BCUT2D eigenvalue weighted by Gasteiger charge is -2.08. The molecule has 2 fully saturated rings. The van der Waals surface area contributed by atoms with Crippen LogP contribution in [0.3, 0.4) is 0 Å². The topological polar surface area (TPSA) is 51.8 Å². The van der Waals surface area contributed by atoms with Crippen molar-refractivity contribution in [3.8, 4) is 0 Å². The minimum Gasteiger partial charge on any atom is -0.502 e. The quantitative estimate of drug-likeness (QED) is 0.717. The summed E-state index contributed by atoms with van der Waals surface area (Å²) in [5.74, 6) is 0. The summed E-state index contributed by atoms with van der Waals surface area (Å²) in [7, 11) is 0. The van der Waals surface area contributed by atoms with Crippen molar-refractivity contribution in [3.63, 3.8) is 0 Å². The van der Waals surface area contributed by atoms with Crippen LogP contribution >= 0.6 is 0 Å². The Morgan fingerprint density at radius 3 is 1.65 bits per heavy atom. The van der Waals surface area contributed by atoms with E-state index in [2.05, 4.69) is 10.9 Å². The van der Waals surface area contributed by atoms with Crippen molar-refractivity contribution >= 4 is 0 Å². The van der Waals surface area contributed by atoms with Gasteiger partial charge in [-0.05, 0) is 56.8 Å². The van der Waals surface area contributed by atoms with E-state index in [1.54, 1.807) is 12.5 Å². The van der Waals surface area contributed by atoms with Crippen molar-refractivity contribution in [1.29, 1.82) is 0 Å². The van der Waals surface area contributed by atoms with E-state index >= 15 is 0 Å². The van der Waals surface area contributed by atoms with Gasteiger partial charge in [-0.2, -0.15) is 0 Å². The molecule has 5 nitrogen and oxygen atoms in total. The minimum atomic E-state index is 0.733. The molecule has 0 aromatic rings. The second-order valence-corrected chi connectivity index (χ2v) is 5.35. The Labute approximate surface area is 140 Å². The first-order valence-electron chi connectivity index (χ1n) is 8.73. The first-order chi connectivity index (χ1) is 11.5. The van der Waals surface area contributed by atoms with E-state index in [1.165, 1.54) is 38.5 Å². The van der Waals surface area contributed by atoms with Crippen LogP contribution in [0.4, 0.5) is 0 Å². The SMILES string of the molecule is C1=CCOC=C1.C1=COCCC1.C1CCOCC1.C1CNNC1. The smallest absolute Gasteiger partial charge is 0.106 e. The van der Waals surface area contributed by atoms with Crippen molar-refractivity contribution in [2.75, 3.05) is 39.5 Å². The van der Waals surface area contributed by atoms with Crippen molar-refractivity contribution in [2.24, 2.45) is 0 Å². The molecule has 0 bridgehead atoms. The van der Waals surface area contributed by atoms with E-state index in [9.17, 15) is 0 Å². The second kappa shape index (κ2) is 17.1. The standard InChI is InChI=1S/C5H10O.C5H8O.C5H6O.C3H8N2/c3*1-2-4-6-5-3-1;1-2-4-5-3-1/h1-5H2;2,4H,1,3,5H2;1-4H,5H2;4-5H,1-3H2.